The molecule has 0 fully saturated rings. The molecule has 0 saturated heterocycles. The Balaban J connectivity index is 2.46. The molecular formula is C14H14N2O5. The Bertz CT molecular complexity index is 682. The molecule has 0 aliphatic heterocycles. The van der Waals surface area contributed by atoms with Gasteiger partial charge in [-0.15, -0.1) is 0 Å². The molecule has 0 radical (unpaired) electrons. The van der Waals surface area contributed by atoms with Gasteiger partial charge in [0.2, 0.25) is 0 Å². The number of nitrogens with one attached hydrogen (secondary N) is 2. The molecule has 1 aromatic heterocycles. The highest BCUT2D eigenvalue weighted by Gasteiger charge is 2.19. The third-order valence-electron chi connectivity index (χ3n) is 2.75. The van der Waals surface area contributed by atoms with E-state index in [2.05, 4.69) is 5.32 Å². The van der Waals surface area contributed by atoms with Crippen LogP contribution in [0.25, 0.3) is 11.3 Å². The van der Waals surface area contributed by atoms with Crippen LogP contribution in [-0.2, 0) is 0 Å². The zero-order valence-corrected chi connectivity index (χ0v) is 11.0. The average molecular weight is 290 g/mol. The monoisotopic (exact) mass is 290 g/mol. The molecule has 0 aliphatic carbocycles. The van der Waals surface area contributed by atoms with Crippen LogP contribution in [0.1, 0.15) is 10.4 Å². The first-order chi connectivity index (χ1) is 10.2. The van der Waals surface area contributed by atoms with Gasteiger partial charge in [-0.1, -0.05) is 30.3 Å². The van der Waals surface area contributed by atoms with Gasteiger partial charge in [0.05, 0.1) is 12.3 Å². The van der Waals surface area contributed by atoms with Crippen molar-refractivity contribution in [2.24, 2.45) is 0 Å². The van der Waals surface area contributed by atoms with E-state index in [0.29, 0.717) is 5.56 Å². The molecule has 2 aromatic rings. The van der Waals surface area contributed by atoms with E-state index in [-0.39, 0.29) is 30.2 Å². The summed E-state index contributed by atoms with van der Waals surface area (Å²) in [5, 5.41) is 20.1. The summed E-state index contributed by atoms with van der Waals surface area (Å²) in [6.45, 7) is -0.273. The van der Waals surface area contributed by atoms with Gasteiger partial charge in [0.25, 0.3) is 5.91 Å². The van der Waals surface area contributed by atoms with Gasteiger partial charge < -0.3 is 14.8 Å². The summed E-state index contributed by atoms with van der Waals surface area (Å²) in [7, 11) is 0. The Morgan fingerprint density at radius 2 is 1.95 bits per heavy atom. The molecule has 0 saturated carbocycles. The quantitative estimate of drug-likeness (QED) is 0.607. The van der Waals surface area contributed by atoms with Crippen molar-refractivity contribution in [3.8, 4) is 11.3 Å². The number of benzene rings is 1. The van der Waals surface area contributed by atoms with Crippen molar-refractivity contribution < 1.29 is 19.5 Å². The molecule has 2 rings (SSSR count). The minimum atomic E-state index is -0.886. The third-order valence-corrected chi connectivity index (χ3v) is 2.75. The van der Waals surface area contributed by atoms with Crippen molar-refractivity contribution in [2.45, 2.75) is 0 Å². The lowest BCUT2D eigenvalue weighted by molar-refractivity contribution is 0.0941. The van der Waals surface area contributed by atoms with Crippen LogP contribution in [0.5, 0.6) is 0 Å². The molecule has 7 heteroatoms. The number of aliphatic hydroxyl groups is 1. The second-order valence-corrected chi connectivity index (χ2v) is 4.14. The lowest BCUT2D eigenvalue weighted by Crippen LogP contribution is -2.31. The number of carbonyl (C=O) groups is 1. The molecule has 0 spiro atoms. The maximum Gasteiger partial charge on any atom is 0.351 e. The number of hydrogen-bond donors (Lipinski definition) is 4. The SMILES string of the molecule is O=C(NCCO)c1c(NO)cc(-c2ccccc2)oc1=O. The summed E-state index contributed by atoms with van der Waals surface area (Å²) in [4.78, 5) is 23.8. The number of amides is 1. The molecule has 21 heavy (non-hydrogen) atoms. The van der Waals surface area contributed by atoms with Crippen LogP contribution in [0.3, 0.4) is 0 Å². The van der Waals surface area contributed by atoms with E-state index in [1.54, 1.807) is 24.3 Å². The van der Waals surface area contributed by atoms with Crippen LogP contribution in [-0.4, -0.2) is 29.4 Å². The van der Waals surface area contributed by atoms with Gasteiger partial charge in [-0.05, 0) is 0 Å². The van der Waals surface area contributed by atoms with E-state index in [1.807, 2.05) is 11.5 Å². The average Bonchev–Trinajstić information content (AvgIpc) is 2.52. The maximum absolute atomic E-state index is 12.0. The fourth-order valence-corrected chi connectivity index (χ4v) is 1.80. The number of aliphatic hydroxyl groups excluding tert-OH is 1. The summed E-state index contributed by atoms with van der Waals surface area (Å²) in [6.07, 6.45) is 0. The van der Waals surface area contributed by atoms with Gasteiger partial charge in [0.15, 0.2) is 5.56 Å². The molecule has 1 aromatic carbocycles. The van der Waals surface area contributed by atoms with Crippen LogP contribution in [0.15, 0.2) is 45.6 Å². The van der Waals surface area contributed by atoms with Gasteiger partial charge in [-0.25, -0.2) is 4.79 Å². The first-order valence-corrected chi connectivity index (χ1v) is 6.20. The first kappa shape index (κ1) is 14.8. The minimum Gasteiger partial charge on any atom is -0.422 e. The van der Waals surface area contributed by atoms with E-state index >= 15 is 0 Å². The van der Waals surface area contributed by atoms with Crippen molar-refractivity contribution in [1.82, 2.24) is 5.32 Å². The molecule has 0 aliphatic rings. The molecule has 7 nitrogen and oxygen atoms in total. The lowest BCUT2D eigenvalue weighted by atomic mass is 10.1. The van der Waals surface area contributed by atoms with Crippen LogP contribution < -0.4 is 16.4 Å². The van der Waals surface area contributed by atoms with Crippen molar-refractivity contribution in [1.29, 1.82) is 0 Å². The van der Waals surface area contributed by atoms with Crippen molar-refractivity contribution in [2.75, 3.05) is 18.6 Å². The van der Waals surface area contributed by atoms with Gasteiger partial charge in [0.1, 0.15) is 5.76 Å². The molecule has 0 bridgehead atoms. The minimum absolute atomic E-state index is 0.0103. The van der Waals surface area contributed by atoms with Gasteiger partial charge >= 0.3 is 5.63 Å². The highest BCUT2D eigenvalue weighted by Crippen LogP contribution is 2.22. The van der Waals surface area contributed by atoms with Crippen LogP contribution >= 0.6 is 0 Å². The molecule has 4 N–H and O–H groups in total. The number of carbonyl (C=O) groups excluding carboxylic acids is 1. The van der Waals surface area contributed by atoms with E-state index < -0.39 is 11.5 Å². The number of rotatable bonds is 5. The summed E-state index contributed by atoms with van der Waals surface area (Å²) in [6, 6.07) is 10.1. The summed E-state index contributed by atoms with van der Waals surface area (Å²) in [5.41, 5.74) is 1.14. The van der Waals surface area contributed by atoms with E-state index in [4.69, 9.17) is 14.7 Å². The number of hydrogen-bond acceptors (Lipinski definition) is 6. The van der Waals surface area contributed by atoms with Gasteiger partial charge in [0, 0.05) is 18.2 Å². The van der Waals surface area contributed by atoms with Gasteiger partial charge in [-0.2, -0.15) is 0 Å². The Labute approximate surface area is 119 Å². The smallest absolute Gasteiger partial charge is 0.351 e. The van der Waals surface area contributed by atoms with Crippen molar-refractivity contribution in [3.05, 3.63) is 52.4 Å². The second-order valence-electron chi connectivity index (χ2n) is 4.14. The molecule has 0 atom stereocenters. The summed E-state index contributed by atoms with van der Waals surface area (Å²) < 4.78 is 5.11. The molecular weight excluding hydrogens is 276 g/mol. The first-order valence-electron chi connectivity index (χ1n) is 6.20. The molecule has 1 amide bonds. The Kier molecular flexibility index (Phi) is 4.70. The number of anilines is 1. The van der Waals surface area contributed by atoms with Crippen LogP contribution in [0.4, 0.5) is 5.69 Å². The lowest BCUT2D eigenvalue weighted by Gasteiger charge is -2.09. The topological polar surface area (TPSA) is 112 Å². The van der Waals surface area contributed by atoms with Crippen LogP contribution in [0, 0.1) is 0 Å². The van der Waals surface area contributed by atoms with Crippen molar-refractivity contribution >= 4 is 11.6 Å². The highest BCUT2D eigenvalue weighted by molar-refractivity contribution is 5.99. The summed E-state index contributed by atoms with van der Waals surface area (Å²) >= 11 is 0. The van der Waals surface area contributed by atoms with Crippen molar-refractivity contribution in [3.63, 3.8) is 0 Å². The fourth-order valence-electron chi connectivity index (χ4n) is 1.80. The van der Waals surface area contributed by atoms with Gasteiger partial charge in [-0.3, -0.25) is 15.5 Å². The highest BCUT2D eigenvalue weighted by atomic mass is 16.5. The maximum atomic E-state index is 12.0. The van der Waals surface area contributed by atoms with E-state index in [9.17, 15) is 9.59 Å². The van der Waals surface area contributed by atoms with Crippen LogP contribution in [0.2, 0.25) is 0 Å². The molecule has 1 heterocycles. The van der Waals surface area contributed by atoms with E-state index in [1.165, 1.54) is 6.07 Å². The zero-order chi connectivity index (χ0) is 15.2. The largest absolute Gasteiger partial charge is 0.422 e. The normalized spacial score (nSPS) is 10.2. The Morgan fingerprint density at radius 1 is 1.24 bits per heavy atom. The molecule has 110 valence electrons. The Hall–Kier alpha value is -2.64. The fraction of sp³-hybridized carbons (Fsp3) is 0.143. The zero-order valence-electron chi connectivity index (χ0n) is 11.0. The van der Waals surface area contributed by atoms with E-state index in [0.717, 1.165) is 0 Å². The third kappa shape index (κ3) is 3.28. The standard InChI is InChI=1S/C14H14N2O5/c17-7-6-15-13(18)12-10(16-20)8-11(21-14(12)19)9-4-2-1-3-5-9/h1-5,8,16-17,20H,6-7H2,(H,15,18). The predicted molar refractivity (Wildman–Crippen MR) is 75.2 cm³/mol. The summed E-state index contributed by atoms with van der Waals surface area (Å²) in [5.74, 6) is -0.523. The second kappa shape index (κ2) is 6.69. The predicted octanol–water partition coefficient (Wildman–Crippen LogP) is 0.830. The Morgan fingerprint density at radius 3 is 2.57 bits per heavy atom. The molecule has 0 unspecified atom stereocenters.